The molecule has 3 rings (SSSR count). The van der Waals surface area contributed by atoms with Crippen LogP contribution in [-0.4, -0.2) is 10.2 Å². The van der Waals surface area contributed by atoms with Crippen LogP contribution in [0.1, 0.15) is 5.56 Å². The Balaban J connectivity index is 2.08. The molecule has 17 heavy (non-hydrogen) atoms. The molecule has 1 N–H and O–H groups in total. The van der Waals surface area contributed by atoms with E-state index in [9.17, 15) is 4.79 Å². The number of benzene rings is 1. The summed E-state index contributed by atoms with van der Waals surface area (Å²) < 4.78 is 1.76. The molecule has 1 amide bonds. The van der Waals surface area contributed by atoms with Crippen LogP contribution in [0.4, 0.5) is 0 Å². The number of hydrogen-bond donors (Lipinski definition) is 1. The maximum atomic E-state index is 11.6. The van der Waals surface area contributed by atoms with E-state index in [-0.39, 0.29) is 5.91 Å². The molecular weight excluding hydrogens is 270 g/mol. The predicted molar refractivity (Wildman–Crippen MR) is 78.1 cm³/mol. The van der Waals surface area contributed by atoms with Gasteiger partial charge in [-0.05, 0) is 28.5 Å². The number of thioether (sulfide) groups is 1. The maximum absolute atomic E-state index is 11.6. The van der Waals surface area contributed by atoms with Gasteiger partial charge in [-0.15, -0.1) is 11.3 Å². The number of thiophene rings is 1. The molecule has 1 aromatic carbocycles. The fourth-order valence-electron chi connectivity index (χ4n) is 1.67. The van der Waals surface area contributed by atoms with Gasteiger partial charge in [0.25, 0.3) is 5.91 Å². The van der Waals surface area contributed by atoms with Crippen molar-refractivity contribution in [1.82, 2.24) is 5.32 Å². The lowest BCUT2D eigenvalue weighted by atomic mass is 10.1. The molecule has 0 spiro atoms. The number of hydrogen-bond acceptors (Lipinski definition) is 4. The predicted octanol–water partition coefficient (Wildman–Crippen LogP) is 3.39. The second-order valence-corrected chi connectivity index (χ2v) is 6.17. The molecule has 5 heteroatoms. The molecule has 1 aromatic heterocycles. The first-order chi connectivity index (χ1) is 8.24. The van der Waals surface area contributed by atoms with E-state index < -0.39 is 0 Å². The number of rotatable bonds is 1. The highest BCUT2D eigenvalue weighted by atomic mass is 32.2. The van der Waals surface area contributed by atoms with Crippen molar-refractivity contribution in [1.29, 1.82) is 0 Å². The molecule has 2 aromatic rings. The van der Waals surface area contributed by atoms with E-state index in [1.54, 1.807) is 11.3 Å². The minimum absolute atomic E-state index is 0.102. The summed E-state index contributed by atoms with van der Waals surface area (Å²) in [6, 6.07) is 8.16. The number of carbonyl (C=O) groups is 1. The zero-order valence-electron chi connectivity index (χ0n) is 8.60. The zero-order valence-corrected chi connectivity index (χ0v) is 11.0. The number of amides is 1. The number of nitrogens with one attached hydrogen (secondary N) is 1. The molecule has 1 saturated heterocycles. The van der Waals surface area contributed by atoms with Crippen molar-refractivity contribution in [3.05, 3.63) is 40.1 Å². The average Bonchev–Trinajstić information content (AvgIpc) is 2.85. The molecule has 0 unspecified atom stereocenters. The van der Waals surface area contributed by atoms with Gasteiger partial charge in [0.1, 0.15) is 4.32 Å². The normalized spacial score (nSPS) is 18.0. The van der Waals surface area contributed by atoms with E-state index >= 15 is 0 Å². The van der Waals surface area contributed by atoms with E-state index in [0.717, 1.165) is 5.56 Å². The summed E-state index contributed by atoms with van der Waals surface area (Å²) in [5.74, 6) is -0.102. The van der Waals surface area contributed by atoms with Gasteiger partial charge in [-0.1, -0.05) is 42.2 Å². The Morgan fingerprint density at radius 2 is 2.12 bits per heavy atom. The molecule has 0 aliphatic carbocycles. The molecule has 84 valence electrons. The summed E-state index contributed by atoms with van der Waals surface area (Å²) in [4.78, 5) is 12.2. The van der Waals surface area contributed by atoms with Crippen LogP contribution in [0.3, 0.4) is 0 Å². The van der Waals surface area contributed by atoms with Crippen LogP contribution in [-0.2, 0) is 4.79 Å². The van der Waals surface area contributed by atoms with Gasteiger partial charge >= 0.3 is 0 Å². The molecule has 1 aliphatic heterocycles. The molecule has 0 bridgehead atoms. The first kappa shape index (κ1) is 11.0. The summed E-state index contributed by atoms with van der Waals surface area (Å²) in [5.41, 5.74) is 1.08. The maximum Gasteiger partial charge on any atom is 0.263 e. The lowest BCUT2D eigenvalue weighted by Gasteiger charge is -1.93. The Bertz CT molecular complexity index is 657. The summed E-state index contributed by atoms with van der Waals surface area (Å²) in [6.07, 6.45) is 1.90. The summed E-state index contributed by atoms with van der Waals surface area (Å²) >= 11 is 7.96. The minimum Gasteiger partial charge on any atom is -0.307 e. The quantitative estimate of drug-likeness (QED) is 0.640. The van der Waals surface area contributed by atoms with Crippen LogP contribution < -0.4 is 5.32 Å². The van der Waals surface area contributed by atoms with Gasteiger partial charge < -0.3 is 5.32 Å². The number of carbonyl (C=O) groups excluding carboxylic acids is 1. The van der Waals surface area contributed by atoms with Crippen LogP contribution in [0.5, 0.6) is 0 Å². The van der Waals surface area contributed by atoms with Gasteiger partial charge in [-0.25, -0.2) is 0 Å². The molecule has 2 heterocycles. The molecule has 0 saturated carbocycles. The van der Waals surface area contributed by atoms with Crippen LogP contribution in [0.2, 0.25) is 0 Å². The Hall–Kier alpha value is -1.17. The van der Waals surface area contributed by atoms with Gasteiger partial charge in [0.15, 0.2) is 0 Å². The largest absolute Gasteiger partial charge is 0.307 e. The highest BCUT2D eigenvalue weighted by Gasteiger charge is 2.22. The Morgan fingerprint density at radius 3 is 2.88 bits per heavy atom. The first-order valence-corrected chi connectivity index (χ1v) is 7.05. The van der Waals surface area contributed by atoms with Gasteiger partial charge in [0.2, 0.25) is 0 Å². The van der Waals surface area contributed by atoms with E-state index in [1.165, 1.54) is 21.8 Å². The molecular formula is C12H7NOS3. The molecule has 0 atom stereocenters. The number of fused-ring (bicyclic) bond motifs is 1. The lowest BCUT2D eigenvalue weighted by Crippen LogP contribution is -2.17. The van der Waals surface area contributed by atoms with Crippen molar-refractivity contribution in [2.75, 3.05) is 0 Å². The standard InChI is InChI=1S/C12H7NOS3/c14-11-10(17-12(15)13-11)5-7-6-16-9-4-2-1-3-8(7)9/h1-6H,(H,13,14,15). The van der Waals surface area contributed by atoms with Gasteiger partial charge in [0.05, 0.1) is 4.91 Å². The van der Waals surface area contributed by atoms with Crippen molar-refractivity contribution in [2.24, 2.45) is 0 Å². The first-order valence-electron chi connectivity index (χ1n) is 4.95. The fraction of sp³-hybridized carbons (Fsp3) is 0. The number of thiocarbonyl (C=S) groups is 1. The van der Waals surface area contributed by atoms with Crippen molar-refractivity contribution in [2.45, 2.75) is 0 Å². The monoisotopic (exact) mass is 277 g/mol. The van der Waals surface area contributed by atoms with Crippen molar-refractivity contribution < 1.29 is 4.79 Å². The topological polar surface area (TPSA) is 29.1 Å². The average molecular weight is 277 g/mol. The van der Waals surface area contributed by atoms with Crippen LogP contribution in [0, 0.1) is 0 Å². The van der Waals surface area contributed by atoms with Crippen LogP contribution in [0.25, 0.3) is 16.2 Å². The Kier molecular flexibility index (Phi) is 2.74. The smallest absolute Gasteiger partial charge is 0.263 e. The third-order valence-electron chi connectivity index (χ3n) is 2.44. The van der Waals surface area contributed by atoms with Gasteiger partial charge in [0, 0.05) is 4.70 Å². The zero-order chi connectivity index (χ0) is 11.8. The minimum atomic E-state index is -0.102. The Morgan fingerprint density at radius 1 is 1.29 bits per heavy atom. The van der Waals surface area contributed by atoms with Crippen molar-refractivity contribution in [3.8, 4) is 0 Å². The second-order valence-electron chi connectivity index (χ2n) is 3.54. The third-order valence-corrected chi connectivity index (χ3v) is 4.58. The van der Waals surface area contributed by atoms with Crippen molar-refractivity contribution >= 4 is 61.7 Å². The fourth-order valence-corrected chi connectivity index (χ4v) is 3.63. The summed E-state index contributed by atoms with van der Waals surface area (Å²) in [6.45, 7) is 0. The van der Waals surface area contributed by atoms with Crippen LogP contribution in [0.15, 0.2) is 34.6 Å². The molecule has 0 radical (unpaired) electrons. The second kappa shape index (κ2) is 4.25. The highest BCUT2D eigenvalue weighted by molar-refractivity contribution is 8.26. The van der Waals surface area contributed by atoms with E-state index in [0.29, 0.717) is 9.23 Å². The molecule has 1 aliphatic rings. The van der Waals surface area contributed by atoms with Crippen molar-refractivity contribution in [3.63, 3.8) is 0 Å². The van der Waals surface area contributed by atoms with E-state index in [2.05, 4.69) is 22.8 Å². The SMILES string of the molecule is O=C1NC(=S)SC1=Cc1csc2ccccc12. The molecule has 1 fully saturated rings. The summed E-state index contributed by atoms with van der Waals surface area (Å²) in [7, 11) is 0. The van der Waals surface area contributed by atoms with Gasteiger partial charge in [-0.2, -0.15) is 0 Å². The summed E-state index contributed by atoms with van der Waals surface area (Å²) in [5, 5.41) is 5.86. The van der Waals surface area contributed by atoms with Crippen LogP contribution >= 0.6 is 35.3 Å². The molecule has 2 nitrogen and oxygen atoms in total. The third kappa shape index (κ3) is 2.01. The van der Waals surface area contributed by atoms with E-state index in [1.807, 2.05) is 18.2 Å². The van der Waals surface area contributed by atoms with E-state index in [4.69, 9.17) is 12.2 Å². The lowest BCUT2D eigenvalue weighted by molar-refractivity contribution is -0.115. The highest BCUT2D eigenvalue weighted by Crippen LogP contribution is 2.31. The van der Waals surface area contributed by atoms with Gasteiger partial charge in [-0.3, -0.25) is 4.79 Å². The Labute approximate surface area is 112 Å².